The number of hydrogen-bond donors (Lipinski definition) is 0. The van der Waals surface area contributed by atoms with Gasteiger partial charge in [0.15, 0.2) is 0 Å². The van der Waals surface area contributed by atoms with Gasteiger partial charge in [0.25, 0.3) is 5.91 Å². The summed E-state index contributed by atoms with van der Waals surface area (Å²) in [4.78, 5) is 27.3. The summed E-state index contributed by atoms with van der Waals surface area (Å²) >= 11 is 0. The minimum atomic E-state index is -1.13. The van der Waals surface area contributed by atoms with E-state index in [-0.39, 0.29) is 5.91 Å². The molecule has 2 fully saturated rings. The van der Waals surface area contributed by atoms with Crippen molar-refractivity contribution in [1.29, 1.82) is 5.26 Å². The lowest BCUT2D eigenvalue weighted by Crippen LogP contribution is -2.51. The number of nitriles is 1. The van der Waals surface area contributed by atoms with Gasteiger partial charge in [-0.3, -0.25) is 9.69 Å². The molecule has 10 heteroatoms. The van der Waals surface area contributed by atoms with Crippen molar-refractivity contribution in [2.45, 2.75) is 70.6 Å². The summed E-state index contributed by atoms with van der Waals surface area (Å²) in [6, 6.07) is 5.96. The van der Waals surface area contributed by atoms with Crippen molar-refractivity contribution in [2.24, 2.45) is 5.92 Å². The van der Waals surface area contributed by atoms with Crippen molar-refractivity contribution in [2.75, 3.05) is 64.5 Å². The van der Waals surface area contributed by atoms with E-state index >= 15 is 0 Å². The second-order valence-electron chi connectivity index (χ2n) is 13.2. The number of aromatic nitrogens is 2. The Labute approximate surface area is 240 Å². The molecule has 40 heavy (non-hydrogen) atoms. The van der Waals surface area contributed by atoms with E-state index in [0.29, 0.717) is 25.9 Å². The fourth-order valence-corrected chi connectivity index (χ4v) is 7.27. The van der Waals surface area contributed by atoms with E-state index in [4.69, 9.17) is 15.0 Å². The van der Waals surface area contributed by atoms with Crippen LogP contribution in [0.15, 0.2) is 18.5 Å². The van der Waals surface area contributed by atoms with Gasteiger partial charge in [-0.25, -0.2) is 4.98 Å². The molecule has 1 amide bonds. The molecule has 0 N–H and O–H groups in total. The predicted molar refractivity (Wildman–Crippen MR) is 162 cm³/mol. The quantitative estimate of drug-likeness (QED) is 0.314. The predicted octanol–water partition coefficient (Wildman–Crippen LogP) is 4.29. The van der Waals surface area contributed by atoms with Crippen molar-refractivity contribution in [1.82, 2.24) is 24.3 Å². The zero-order valence-electron chi connectivity index (χ0n) is 24.9. The molecular weight excluding hydrogens is 518 g/mol. The molecule has 4 heterocycles. The monoisotopic (exact) mass is 565 g/mol. The second kappa shape index (κ2) is 12.6. The summed E-state index contributed by atoms with van der Waals surface area (Å²) in [6.45, 7) is 15.5. The Balaban J connectivity index is 1.23. The average Bonchev–Trinajstić information content (AvgIpc) is 3.35. The first kappa shape index (κ1) is 29.1. The lowest BCUT2D eigenvalue weighted by molar-refractivity contribution is 0.0771. The first-order valence-electron chi connectivity index (χ1n) is 15.1. The van der Waals surface area contributed by atoms with Crippen LogP contribution in [0.3, 0.4) is 0 Å². The Kier molecular flexibility index (Phi) is 9.15. The van der Waals surface area contributed by atoms with Crippen molar-refractivity contribution in [3.05, 3.63) is 24.0 Å². The topological polar surface area (TPSA) is 80.9 Å². The Morgan fingerprint density at radius 1 is 1.10 bits per heavy atom. The lowest BCUT2D eigenvalue weighted by atomic mass is 9.84. The molecule has 5 rings (SSSR count). The Morgan fingerprint density at radius 2 is 1.82 bits per heavy atom. The highest BCUT2D eigenvalue weighted by molar-refractivity contribution is 6.76. The van der Waals surface area contributed by atoms with E-state index < -0.39 is 8.07 Å². The van der Waals surface area contributed by atoms with Crippen LogP contribution in [-0.4, -0.2) is 104 Å². The average molecular weight is 566 g/mol. The first-order chi connectivity index (χ1) is 19.2. The molecule has 218 valence electrons. The number of nitrogens with zero attached hydrogens (tertiary/aromatic N) is 7. The summed E-state index contributed by atoms with van der Waals surface area (Å²) in [5, 5.41) is 9.92. The highest BCUT2D eigenvalue weighted by atomic mass is 28.3. The third-order valence-electron chi connectivity index (χ3n) is 8.99. The Morgan fingerprint density at radius 3 is 2.52 bits per heavy atom. The minimum absolute atomic E-state index is 0.0578. The van der Waals surface area contributed by atoms with E-state index in [2.05, 4.69) is 57.2 Å². The largest absolute Gasteiger partial charge is 0.361 e. The van der Waals surface area contributed by atoms with Gasteiger partial charge < -0.3 is 24.0 Å². The summed E-state index contributed by atoms with van der Waals surface area (Å²) in [5.41, 5.74) is 2.68. The summed E-state index contributed by atoms with van der Waals surface area (Å²) in [7, 11) is 0.771. The van der Waals surface area contributed by atoms with Crippen LogP contribution in [0.1, 0.15) is 42.5 Å². The molecule has 0 atom stereocenters. The van der Waals surface area contributed by atoms with Gasteiger partial charge >= 0.3 is 0 Å². The van der Waals surface area contributed by atoms with Crippen molar-refractivity contribution >= 4 is 30.7 Å². The lowest BCUT2D eigenvalue weighted by Gasteiger charge is -2.44. The zero-order chi connectivity index (χ0) is 28.3. The number of anilines is 1. The molecule has 2 aliphatic heterocycles. The number of ether oxygens (including phenoxy) is 1. The van der Waals surface area contributed by atoms with Crippen molar-refractivity contribution in [3.63, 3.8) is 0 Å². The molecule has 0 radical (unpaired) electrons. The number of piperazine rings is 1. The van der Waals surface area contributed by atoms with E-state index in [9.17, 15) is 4.79 Å². The van der Waals surface area contributed by atoms with Gasteiger partial charge in [0, 0.05) is 91.2 Å². The number of fused-ring (bicyclic) bond motifs is 3. The molecule has 0 aromatic carbocycles. The van der Waals surface area contributed by atoms with Crippen LogP contribution in [-0.2, 0) is 11.5 Å². The summed E-state index contributed by atoms with van der Waals surface area (Å²) in [6.07, 6.45) is 9.22. The molecule has 0 bridgehead atoms. The molecule has 2 aromatic rings. The van der Waals surface area contributed by atoms with E-state index in [1.807, 2.05) is 11.9 Å². The number of amides is 1. The number of carbonyl (C=O) groups is 1. The van der Waals surface area contributed by atoms with Crippen LogP contribution in [0.4, 0.5) is 5.69 Å². The second-order valence-corrected chi connectivity index (χ2v) is 18.9. The van der Waals surface area contributed by atoms with Gasteiger partial charge in [0.2, 0.25) is 0 Å². The SMILES string of the molecule is CN1CN([C@H]2CC[C@H](CN3CCN(CCC#N)CC3)CC2)c2c(cnc3c2ccn3COCC[Si](C)(C)C)C1=O. The van der Waals surface area contributed by atoms with Gasteiger partial charge in [-0.05, 0) is 43.7 Å². The molecular formula is C30H47N7O2Si. The number of carbonyl (C=O) groups excluding carboxylic acids is 1. The fourth-order valence-electron chi connectivity index (χ4n) is 6.51. The van der Waals surface area contributed by atoms with Crippen LogP contribution < -0.4 is 4.90 Å². The highest BCUT2D eigenvalue weighted by Crippen LogP contribution is 2.39. The smallest absolute Gasteiger partial charge is 0.258 e. The van der Waals surface area contributed by atoms with E-state index in [1.54, 1.807) is 6.20 Å². The Bertz CT molecular complexity index is 1200. The van der Waals surface area contributed by atoms with Gasteiger partial charge in [0.05, 0.1) is 24.0 Å². The van der Waals surface area contributed by atoms with Crippen LogP contribution in [0, 0.1) is 17.2 Å². The van der Waals surface area contributed by atoms with Crippen molar-refractivity contribution < 1.29 is 9.53 Å². The summed E-state index contributed by atoms with van der Waals surface area (Å²) in [5.74, 6) is 0.791. The molecule has 0 spiro atoms. The maximum atomic E-state index is 13.2. The molecule has 2 aromatic heterocycles. The fraction of sp³-hybridized carbons (Fsp3) is 0.700. The number of pyridine rings is 1. The zero-order valence-corrected chi connectivity index (χ0v) is 25.9. The maximum Gasteiger partial charge on any atom is 0.258 e. The highest BCUT2D eigenvalue weighted by Gasteiger charge is 2.36. The third-order valence-corrected chi connectivity index (χ3v) is 10.7. The summed E-state index contributed by atoms with van der Waals surface area (Å²) < 4.78 is 8.12. The molecule has 3 aliphatic rings. The van der Waals surface area contributed by atoms with Crippen LogP contribution in [0.5, 0.6) is 0 Å². The van der Waals surface area contributed by atoms with Crippen LogP contribution >= 0.6 is 0 Å². The van der Waals surface area contributed by atoms with E-state index in [1.165, 1.54) is 19.4 Å². The minimum Gasteiger partial charge on any atom is -0.361 e. The molecule has 1 saturated heterocycles. The van der Waals surface area contributed by atoms with Gasteiger partial charge in [0.1, 0.15) is 12.4 Å². The van der Waals surface area contributed by atoms with Crippen LogP contribution in [0.2, 0.25) is 25.7 Å². The van der Waals surface area contributed by atoms with E-state index in [0.717, 1.165) is 86.4 Å². The van der Waals surface area contributed by atoms with Gasteiger partial charge in [-0.15, -0.1) is 0 Å². The van der Waals surface area contributed by atoms with Gasteiger partial charge in [-0.2, -0.15) is 5.26 Å². The molecule has 9 nitrogen and oxygen atoms in total. The standard InChI is InChI=1S/C30H47N7O2Si/c1-33-22-37(25-8-6-24(7-9-25)21-35-16-14-34(15-17-35)12-5-11-31)28-26-10-13-36(23-39-18-19-40(2,3)4)29(26)32-20-27(28)30(33)38/h10,13,20,24-25H,5-9,12,14-19,21-23H2,1-4H3/t24-,25-. The molecule has 0 unspecified atom stereocenters. The third kappa shape index (κ3) is 6.70. The van der Waals surface area contributed by atoms with Gasteiger partial charge in [-0.1, -0.05) is 19.6 Å². The number of rotatable bonds is 10. The normalized spacial score (nSPS) is 23.0. The molecule has 1 saturated carbocycles. The Hall–Kier alpha value is -2.45. The number of hydrogen-bond acceptors (Lipinski definition) is 7. The maximum absolute atomic E-state index is 13.2. The molecule has 1 aliphatic carbocycles. The van der Waals surface area contributed by atoms with Crippen molar-refractivity contribution in [3.8, 4) is 6.07 Å². The van der Waals surface area contributed by atoms with Crippen LogP contribution in [0.25, 0.3) is 11.0 Å². The first-order valence-corrected chi connectivity index (χ1v) is 18.8.